The van der Waals surface area contributed by atoms with E-state index in [-0.39, 0.29) is 23.6 Å². The molecule has 1 aliphatic rings. The predicted octanol–water partition coefficient (Wildman–Crippen LogP) is 4.15. The van der Waals surface area contributed by atoms with Crippen molar-refractivity contribution in [2.24, 2.45) is 0 Å². The second kappa shape index (κ2) is 9.44. The van der Waals surface area contributed by atoms with Gasteiger partial charge in [0.1, 0.15) is 11.5 Å². The fraction of sp³-hybridized carbons (Fsp3) is 0.391. The van der Waals surface area contributed by atoms with Crippen molar-refractivity contribution in [3.05, 3.63) is 52.8 Å². The van der Waals surface area contributed by atoms with Gasteiger partial charge in [0.15, 0.2) is 5.82 Å². The first kappa shape index (κ1) is 23.1. The Labute approximate surface area is 197 Å². The number of likely N-dealkylation sites (N-methyl/N-ethyl adjacent to an activating group) is 1. The fourth-order valence-corrected chi connectivity index (χ4v) is 4.22. The maximum Gasteiger partial charge on any atom is 0.255 e. The van der Waals surface area contributed by atoms with Crippen molar-refractivity contribution >= 4 is 29.1 Å². The number of halogens is 2. The van der Waals surface area contributed by atoms with Crippen LogP contribution in [0.5, 0.6) is 0 Å². The molecule has 0 atom stereocenters. The fourth-order valence-electron chi connectivity index (χ4n) is 3.96. The van der Waals surface area contributed by atoms with E-state index in [1.807, 2.05) is 37.3 Å². The summed E-state index contributed by atoms with van der Waals surface area (Å²) in [6.07, 6.45) is 2.74. The summed E-state index contributed by atoms with van der Waals surface area (Å²) in [5.41, 5.74) is 1.79. The molecule has 10 heteroatoms. The Balaban J connectivity index is 1.56. The van der Waals surface area contributed by atoms with Gasteiger partial charge >= 0.3 is 0 Å². The highest BCUT2D eigenvalue weighted by molar-refractivity contribution is 6.34. The molecule has 3 aromatic rings. The first-order chi connectivity index (χ1) is 15.7. The minimum atomic E-state index is -0.534. The molecular formula is C23H27ClFN7O. The van der Waals surface area contributed by atoms with Gasteiger partial charge in [0.05, 0.1) is 28.7 Å². The number of aromatic nitrogens is 4. The van der Waals surface area contributed by atoms with Gasteiger partial charge in [-0.3, -0.25) is 4.79 Å². The smallest absolute Gasteiger partial charge is 0.255 e. The van der Waals surface area contributed by atoms with Gasteiger partial charge in [0.25, 0.3) is 5.91 Å². The van der Waals surface area contributed by atoms with Gasteiger partial charge in [0.2, 0.25) is 5.95 Å². The van der Waals surface area contributed by atoms with Crippen LogP contribution in [0.15, 0.2) is 30.6 Å². The lowest BCUT2D eigenvalue weighted by Crippen LogP contribution is -2.47. The van der Waals surface area contributed by atoms with E-state index in [9.17, 15) is 9.18 Å². The lowest BCUT2D eigenvalue weighted by Gasteiger charge is -2.32. The molecule has 0 unspecified atom stereocenters. The summed E-state index contributed by atoms with van der Waals surface area (Å²) < 4.78 is 16.5. The van der Waals surface area contributed by atoms with Gasteiger partial charge in [-0.2, -0.15) is 0 Å². The lowest BCUT2D eigenvalue weighted by atomic mass is 10.1. The average molecular weight is 472 g/mol. The van der Waals surface area contributed by atoms with Crippen LogP contribution >= 0.6 is 11.6 Å². The Morgan fingerprint density at radius 2 is 1.88 bits per heavy atom. The number of benzene rings is 1. The molecule has 1 amide bonds. The summed E-state index contributed by atoms with van der Waals surface area (Å²) >= 11 is 6.44. The van der Waals surface area contributed by atoms with Gasteiger partial charge in [-0.1, -0.05) is 11.6 Å². The van der Waals surface area contributed by atoms with E-state index in [0.29, 0.717) is 35.1 Å². The van der Waals surface area contributed by atoms with Crippen LogP contribution in [0.1, 0.15) is 36.1 Å². The van der Waals surface area contributed by atoms with Crippen molar-refractivity contribution in [2.75, 3.05) is 38.5 Å². The van der Waals surface area contributed by atoms with E-state index in [2.05, 4.69) is 25.2 Å². The normalized spacial score (nSPS) is 14.7. The molecule has 4 rings (SSSR count). The summed E-state index contributed by atoms with van der Waals surface area (Å²) in [5, 5.41) is 3.39. The highest BCUT2D eigenvalue weighted by Crippen LogP contribution is 2.28. The van der Waals surface area contributed by atoms with E-state index in [1.165, 1.54) is 0 Å². The molecule has 1 saturated heterocycles. The van der Waals surface area contributed by atoms with Crippen LogP contribution in [0.3, 0.4) is 0 Å². The van der Waals surface area contributed by atoms with E-state index in [0.717, 1.165) is 25.1 Å². The van der Waals surface area contributed by atoms with Gasteiger partial charge < -0.3 is 19.7 Å². The van der Waals surface area contributed by atoms with Crippen molar-refractivity contribution < 1.29 is 9.18 Å². The number of amides is 1. The Bertz CT molecular complexity index is 1170. The SMILES string of the molecule is Cc1ncc(-c2nc(Nc3ccc(C(=O)N4CCN(C)CC4)c(Cl)c3)ncc2F)n1C(C)C. The number of carbonyl (C=O) groups is 1. The summed E-state index contributed by atoms with van der Waals surface area (Å²) in [6.45, 7) is 8.89. The Morgan fingerprint density at radius 1 is 1.15 bits per heavy atom. The van der Waals surface area contributed by atoms with Crippen molar-refractivity contribution in [1.82, 2.24) is 29.3 Å². The first-order valence-corrected chi connectivity index (χ1v) is 11.2. The van der Waals surface area contributed by atoms with E-state index in [4.69, 9.17) is 11.6 Å². The van der Waals surface area contributed by atoms with E-state index < -0.39 is 5.82 Å². The largest absolute Gasteiger partial charge is 0.336 e. The quantitative estimate of drug-likeness (QED) is 0.602. The van der Waals surface area contributed by atoms with Crippen molar-refractivity contribution in [1.29, 1.82) is 0 Å². The van der Waals surface area contributed by atoms with E-state index >= 15 is 0 Å². The number of rotatable bonds is 5. The van der Waals surface area contributed by atoms with Gasteiger partial charge in [0, 0.05) is 37.9 Å². The zero-order valence-corrected chi connectivity index (χ0v) is 19.9. The van der Waals surface area contributed by atoms with Gasteiger partial charge in [-0.25, -0.2) is 19.3 Å². The first-order valence-electron chi connectivity index (χ1n) is 10.9. The number of nitrogens with one attached hydrogen (secondary N) is 1. The number of carbonyl (C=O) groups excluding carboxylic acids is 1. The Morgan fingerprint density at radius 3 is 2.55 bits per heavy atom. The van der Waals surface area contributed by atoms with Crippen molar-refractivity contribution in [3.8, 4) is 11.4 Å². The van der Waals surface area contributed by atoms with Gasteiger partial charge in [-0.05, 0) is 46.0 Å². The third-order valence-electron chi connectivity index (χ3n) is 5.73. The maximum absolute atomic E-state index is 14.6. The summed E-state index contributed by atoms with van der Waals surface area (Å²) in [6, 6.07) is 5.18. The molecule has 33 heavy (non-hydrogen) atoms. The topological polar surface area (TPSA) is 79.2 Å². The number of hydrogen-bond acceptors (Lipinski definition) is 6. The van der Waals surface area contributed by atoms with Crippen molar-refractivity contribution in [2.45, 2.75) is 26.8 Å². The molecule has 1 N–H and O–H groups in total. The van der Waals surface area contributed by atoms with Crippen LogP contribution in [0.2, 0.25) is 5.02 Å². The standard InChI is InChI=1S/C23H27ClFN7O/c1-14(2)32-15(3)26-13-20(32)21-19(25)12-27-23(29-21)28-16-5-6-17(18(24)11-16)22(33)31-9-7-30(4)8-10-31/h5-6,11-14H,7-10H2,1-4H3,(H,27,28,29). The highest BCUT2D eigenvalue weighted by Gasteiger charge is 2.22. The number of nitrogens with zero attached hydrogens (tertiary/aromatic N) is 6. The molecule has 0 bridgehead atoms. The molecular weight excluding hydrogens is 445 g/mol. The molecule has 1 fully saturated rings. The number of anilines is 2. The number of piperazine rings is 1. The highest BCUT2D eigenvalue weighted by atomic mass is 35.5. The summed E-state index contributed by atoms with van der Waals surface area (Å²) in [4.78, 5) is 29.6. The molecule has 0 spiro atoms. The molecule has 1 aromatic carbocycles. The van der Waals surface area contributed by atoms with Crippen LogP contribution in [0.4, 0.5) is 16.0 Å². The van der Waals surface area contributed by atoms with Crippen molar-refractivity contribution in [3.63, 3.8) is 0 Å². The monoisotopic (exact) mass is 471 g/mol. The summed E-state index contributed by atoms with van der Waals surface area (Å²) in [5.74, 6) is 0.375. The summed E-state index contributed by atoms with van der Waals surface area (Å²) in [7, 11) is 2.04. The van der Waals surface area contributed by atoms with Crippen LogP contribution < -0.4 is 5.32 Å². The minimum Gasteiger partial charge on any atom is -0.336 e. The molecule has 1 aliphatic heterocycles. The molecule has 0 saturated carbocycles. The third-order valence-corrected chi connectivity index (χ3v) is 6.04. The zero-order valence-electron chi connectivity index (χ0n) is 19.1. The van der Waals surface area contributed by atoms with Crippen LogP contribution in [-0.4, -0.2) is 68.5 Å². The van der Waals surface area contributed by atoms with Gasteiger partial charge in [-0.15, -0.1) is 0 Å². The zero-order chi connectivity index (χ0) is 23.7. The molecule has 0 radical (unpaired) electrons. The van der Waals surface area contributed by atoms with Crippen LogP contribution in [0.25, 0.3) is 11.4 Å². The molecule has 2 aromatic heterocycles. The molecule has 174 valence electrons. The Hall–Kier alpha value is -3.04. The third kappa shape index (κ3) is 4.84. The second-order valence-corrected chi connectivity index (χ2v) is 8.87. The van der Waals surface area contributed by atoms with Crippen LogP contribution in [-0.2, 0) is 0 Å². The molecule has 0 aliphatic carbocycles. The number of aryl methyl sites for hydroxylation is 1. The minimum absolute atomic E-state index is 0.0858. The average Bonchev–Trinajstić information content (AvgIpc) is 3.17. The number of imidazole rings is 1. The maximum atomic E-state index is 14.6. The van der Waals surface area contributed by atoms with Crippen LogP contribution in [0, 0.1) is 12.7 Å². The van der Waals surface area contributed by atoms with E-state index in [1.54, 1.807) is 24.4 Å². The lowest BCUT2D eigenvalue weighted by molar-refractivity contribution is 0.0664. The molecule has 8 nitrogen and oxygen atoms in total. The predicted molar refractivity (Wildman–Crippen MR) is 126 cm³/mol. The molecule has 3 heterocycles. The Kier molecular flexibility index (Phi) is 6.62. The number of hydrogen-bond donors (Lipinski definition) is 1. The second-order valence-electron chi connectivity index (χ2n) is 8.46.